The number of benzene rings is 1. The summed E-state index contributed by atoms with van der Waals surface area (Å²) in [7, 11) is 0. The largest absolute Gasteiger partial charge is 0.473 e. The Hall–Kier alpha value is -3.71. The molecule has 2 atom stereocenters. The highest BCUT2D eigenvalue weighted by molar-refractivity contribution is 5.77. The van der Waals surface area contributed by atoms with Crippen molar-refractivity contribution in [2.45, 2.75) is 59.8 Å². The number of rotatable bonds is 8. The van der Waals surface area contributed by atoms with Crippen molar-refractivity contribution >= 4 is 12.1 Å². The Bertz CT molecular complexity index is 1140. The number of primary amides is 1. The van der Waals surface area contributed by atoms with Gasteiger partial charge in [0.05, 0.1) is 5.56 Å². The van der Waals surface area contributed by atoms with Crippen LogP contribution in [0.5, 0.6) is 11.6 Å². The van der Waals surface area contributed by atoms with Gasteiger partial charge in [0, 0.05) is 11.8 Å². The molecule has 4 N–H and O–H groups in total. The molecule has 10 heteroatoms. The van der Waals surface area contributed by atoms with Gasteiger partial charge in [-0.25, -0.2) is 14.2 Å². The number of aromatic nitrogens is 1. The number of amides is 1. The molecule has 0 bridgehead atoms. The zero-order valence-electron chi connectivity index (χ0n) is 20.7. The van der Waals surface area contributed by atoms with Crippen LogP contribution in [0.15, 0.2) is 30.5 Å². The van der Waals surface area contributed by atoms with Gasteiger partial charge in [-0.2, -0.15) is 5.26 Å². The van der Waals surface area contributed by atoms with E-state index < -0.39 is 41.0 Å². The first-order valence-electron chi connectivity index (χ1n) is 11.0. The van der Waals surface area contributed by atoms with E-state index >= 15 is 0 Å². The van der Waals surface area contributed by atoms with Crippen LogP contribution in [-0.2, 0) is 9.53 Å². The van der Waals surface area contributed by atoms with E-state index in [4.69, 9.17) is 20.9 Å². The van der Waals surface area contributed by atoms with Gasteiger partial charge in [0.1, 0.15) is 22.8 Å². The fraction of sp³-hybridized carbons (Fsp3) is 0.440. The number of nitrogens with two attached hydrogens (primary N) is 2. The van der Waals surface area contributed by atoms with E-state index in [0.29, 0.717) is 12.0 Å². The molecular weight excluding hydrogens is 455 g/mol. The van der Waals surface area contributed by atoms with Gasteiger partial charge in [0.2, 0.25) is 0 Å². The molecule has 9 nitrogen and oxygen atoms in total. The van der Waals surface area contributed by atoms with Crippen molar-refractivity contribution in [3.8, 4) is 28.8 Å². The van der Waals surface area contributed by atoms with Crippen LogP contribution in [0.25, 0.3) is 11.1 Å². The van der Waals surface area contributed by atoms with Gasteiger partial charge in [-0.3, -0.25) is 10.5 Å². The zero-order chi connectivity index (χ0) is 26.6. The third kappa shape index (κ3) is 6.90. The molecule has 0 aliphatic carbocycles. The Morgan fingerprint density at radius 3 is 2.40 bits per heavy atom. The molecule has 35 heavy (non-hydrogen) atoms. The minimum absolute atomic E-state index is 0.0296. The van der Waals surface area contributed by atoms with Crippen molar-refractivity contribution in [2.24, 2.45) is 22.8 Å². The number of carbonyl (C=O) groups excluding carboxylic acids is 2. The van der Waals surface area contributed by atoms with E-state index in [9.17, 15) is 19.2 Å². The first-order valence-corrected chi connectivity index (χ1v) is 11.0. The number of carbonyl (C=O) groups is 2. The monoisotopic (exact) mass is 486 g/mol. The van der Waals surface area contributed by atoms with Crippen LogP contribution in [0.3, 0.4) is 0 Å². The average molecular weight is 487 g/mol. The molecule has 2 aromatic rings. The summed E-state index contributed by atoms with van der Waals surface area (Å²) in [5.74, 6) is -1.80. The number of hydrogen-bond acceptors (Lipinski definition) is 8. The lowest BCUT2D eigenvalue weighted by molar-refractivity contribution is -0.174. The Labute approximate surface area is 204 Å². The van der Waals surface area contributed by atoms with Gasteiger partial charge in [0.25, 0.3) is 5.88 Å². The van der Waals surface area contributed by atoms with E-state index in [1.54, 1.807) is 27.7 Å². The van der Waals surface area contributed by atoms with E-state index in [1.165, 1.54) is 30.5 Å². The Morgan fingerprint density at radius 1 is 1.20 bits per heavy atom. The topological polar surface area (TPSA) is 151 Å². The molecule has 0 radical (unpaired) electrons. The quantitative estimate of drug-likeness (QED) is 0.415. The average Bonchev–Trinajstić information content (AvgIpc) is 2.73. The predicted octanol–water partition coefficient (Wildman–Crippen LogP) is 4.27. The number of pyridine rings is 1. The second kappa shape index (κ2) is 10.7. The summed E-state index contributed by atoms with van der Waals surface area (Å²) in [6.45, 7) is 10.8. The van der Waals surface area contributed by atoms with Crippen LogP contribution in [-0.4, -0.2) is 28.9 Å². The van der Waals surface area contributed by atoms with Crippen LogP contribution < -0.4 is 20.9 Å². The van der Waals surface area contributed by atoms with Gasteiger partial charge >= 0.3 is 12.1 Å². The van der Waals surface area contributed by atoms with Gasteiger partial charge in [-0.15, -0.1) is 0 Å². The Kier molecular flexibility index (Phi) is 8.41. The third-order valence-corrected chi connectivity index (χ3v) is 5.04. The molecule has 2 unspecified atom stereocenters. The molecule has 1 heterocycles. The summed E-state index contributed by atoms with van der Waals surface area (Å²) < 4.78 is 30.8. The van der Waals surface area contributed by atoms with Crippen molar-refractivity contribution in [2.75, 3.05) is 0 Å². The lowest BCUT2D eigenvalue weighted by Crippen LogP contribution is -2.52. The van der Waals surface area contributed by atoms with Gasteiger partial charge in [-0.05, 0) is 63.8 Å². The van der Waals surface area contributed by atoms with E-state index in [2.05, 4.69) is 9.72 Å². The molecular formula is C25H31FN4O5. The minimum Gasteiger partial charge on any atom is -0.473 e. The van der Waals surface area contributed by atoms with Crippen LogP contribution in [0.2, 0.25) is 0 Å². The molecule has 0 aliphatic rings. The third-order valence-electron chi connectivity index (χ3n) is 5.04. The van der Waals surface area contributed by atoms with Crippen molar-refractivity contribution in [1.82, 2.24) is 4.98 Å². The lowest BCUT2D eigenvalue weighted by atomic mass is 9.80. The molecule has 0 saturated heterocycles. The van der Waals surface area contributed by atoms with E-state index in [-0.39, 0.29) is 22.8 Å². The van der Waals surface area contributed by atoms with Gasteiger partial charge < -0.3 is 19.9 Å². The maximum atomic E-state index is 14.8. The van der Waals surface area contributed by atoms with Crippen molar-refractivity contribution < 1.29 is 28.2 Å². The standard InChI is InChI=1S/C25H31FN4O5/c1-14(2)12-25(6,22(31)35-24(3,4)5)21(28)33-18-8-7-15(11-16(18)13-27)17-9-10-30-20(19(17)26)34-23(29)32/h7-11,14,21H,12,28H2,1-6H3,(H2,29,32). The molecule has 1 aromatic carbocycles. The number of nitrogens with zero attached hydrogens (tertiary/aromatic N) is 2. The lowest BCUT2D eigenvalue weighted by Gasteiger charge is -2.36. The van der Waals surface area contributed by atoms with Crippen molar-refractivity contribution in [3.63, 3.8) is 0 Å². The number of nitriles is 1. The molecule has 0 aliphatic heterocycles. The smallest absolute Gasteiger partial charge is 0.411 e. The van der Waals surface area contributed by atoms with Crippen molar-refractivity contribution in [3.05, 3.63) is 41.8 Å². The summed E-state index contributed by atoms with van der Waals surface area (Å²) in [5.41, 5.74) is 9.76. The fourth-order valence-electron chi connectivity index (χ4n) is 3.53. The van der Waals surface area contributed by atoms with Crippen LogP contribution in [0, 0.1) is 28.5 Å². The minimum atomic E-state index is -1.21. The molecule has 2 rings (SSSR count). The maximum Gasteiger partial charge on any atom is 0.411 e. The summed E-state index contributed by atoms with van der Waals surface area (Å²) in [4.78, 5) is 27.7. The number of esters is 1. The summed E-state index contributed by atoms with van der Waals surface area (Å²) >= 11 is 0. The SMILES string of the molecule is CC(C)CC(C)(C(=O)OC(C)(C)C)C(N)Oc1ccc(-c2ccnc(OC(N)=O)c2F)cc1C#N. The van der Waals surface area contributed by atoms with Gasteiger partial charge in [-0.1, -0.05) is 19.9 Å². The second-order valence-electron chi connectivity index (χ2n) is 9.78. The van der Waals surface area contributed by atoms with Crippen LogP contribution in [0.4, 0.5) is 9.18 Å². The second-order valence-corrected chi connectivity index (χ2v) is 9.78. The first kappa shape index (κ1) is 27.5. The molecule has 1 aromatic heterocycles. The molecule has 0 saturated carbocycles. The van der Waals surface area contributed by atoms with E-state index in [1.807, 2.05) is 19.9 Å². The number of hydrogen-bond donors (Lipinski definition) is 2. The normalized spacial score (nSPS) is 13.9. The summed E-state index contributed by atoms with van der Waals surface area (Å²) in [6, 6.07) is 7.70. The molecule has 1 amide bonds. The summed E-state index contributed by atoms with van der Waals surface area (Å²) in [6.07, 6.45) is -0.723. The number of halogens is 1. The highest BCUT2D eigenvalue weighted by atomic mass is 19.1. The van der Waals surface area contributed by atoms with E-state index in [0.717, 1.165) is 0 Å². The highest BCUT2D eigenvalue weighted by Gasteiger charge is 2.45. The fourth-order valence-corrected chi connectivity index (χ4v) is 3.53. The zero-order valence-corrected chi connectivity index (χ0v) is 20.7. The molecule has 0 fully saturated rings. The molecule has 188 valence electrons. The Morgan fingerprint density at radius 2 is 1.86 bits per heavy atom. The summed E-state index contributed by atoms with van der Waals surface area (Å²) in [5, 5.41) is 9.70. The predicted molar refractivity (Wildman–Crippen MR) is 127 cm³/mol. The molecule has 0 spiro atoms. The van der Waals surface area contributed by atoms with Crippen LogP contribution in [0.1, 0.15) is 53.5 Å². The van der Waals surface area contributed by atoms with Gasteiger partial charge in [0.15, 0.2) is 12.0 Å². The first-order chi connectivity index (χ1) is 16.2. The maximum absolute atomic E-state index is 14.8. The highest BCUT2D eigenvalue weighted by Crippen LogP contribution is 2.36. The van der Waals surface area contributed by atoms with Crippen molar-refractivity contribution in [1.29, 1.82) is 5.26 Å². The number of ether oxygens (including phenoxy) is 3. The Balaban J connectivity index is 2.41. The van der Waals surface area contributed by atoms with Crippen LogP contribution >= 0.6 is 0 Å².